The van der Waals surface area contributed by atoms with Crippen LogP contribution in [0.15, 0.2) is 89.8 Å². The highest BCUT2D eigenvalue weighted by Gasteiger charge is 2.49. The van der Waals surface area contributed by atoms with E-state index >= 15 is 8.78 Å². The van der Waals surface area contributed by atoms with Gasteiger partial charge in [-0.3, -0.25) is 4.79 Å². The molecule has 10 heteroatoms. The van der Waals surface area contributed by atoms with Crippen molar-refractivity contribution in [1.82, 2.24) is 9.62 Å². The zero-order valence-corrected chi connectivity index (χ0v) is 26.3. The smallest absolute Gasteiger partial charge is 0.298 e. The maximum atomic E-state index is 16.3. The van der Waals surface area contributed by atoms with E-state index in [0.29, 0.717) is 47.7 Å². The van der Waals surface area contributed by atoms with E-state index in [0.717, 1.165) is 43.1 Å². The summed E-state index contributed by atoms with van der Waals surface area (Å²) in [5.41, 5.74) is 0.995. The molecule has 0 spiro atoms. The van der Waals surface area contributed by atoms with Gasteiger partial charge in [-0.15, -0.1) is 0 Å². The molecule has 1 aliphatic carbocycles. The van der Waals surface area contributed by atoms with Crippen LogP contribution in [0.5, 0.6) is 5.75 Å². The van der Waals surface area contributed by atoms with Gasteiger partial charge in [0.25, 0.3) is 5.92 Å². The van der Waals surface area contributed by atoms with Crippen molar-refractivity contribution >= 4 is 38.3 Å². The number of hydrogen-bond acceptors (Lipinski definition) is 4. The Morgan fingerprint density at radius 3 is 2.09 bits per heavy atom. The Hall–Kier alpha value is -3.53. The van der Waals surface area contributed by atoms with Crippen molar-refractivity contribution in [3.8, 4) is 16.9 Å². The van der Waals surface area contributed by atoms with E-state index in [-0.39, 0.29) is 11.0 Å². The molecule has 4 aromatic rings. The van der Waals surface area contributed by atoms with Crippen LogP contribution in [0, 0.1) is 0 Å². The molecule has 6 nitrogen and oxygen atoms in total. The fourth-order valence-corrected chi connectivity index (χ4v) is 7.48. The fourth-order valence-electron chi connectivity index (χ4n) is 6.13. The lowest BCUT2D eigenvalue weighted by atomic mass is 9.96. The summed E-state index contributed by atoms with van der Waals surface area (Å²) in [6.07, 6.45) is 6.70. The Kier molecular flexibility index (Phi) is 9.13. The summed E-state index contributed by atoms with van der Waals surface area (Å²) in [7, 11) is -4.53. The molecule has 45 heavy (non-hydrogen) atoms. The standard InChI is InChI=1S/C35H35ClF2N2O4S/c36-29-16-10-25(11-17-29)24-8-14-28(15-9-24)35(37,38)33(34(41)40-20-4-1-5-21-40)39-45(42,43)32-19-13-26-22-31(18-12-27(26)23-32)44-30-6-2-3-7-30/h8-19,22-23,30,33,39H,1-7,20-21H2. The predicted octanol–water partition coefficient (Wildman–Crippen LogP) is 7.93. The van der Waals surface area contributed by atoms with Gasteiger partial charge in [-0.05, 0) is 103 Å². The number of sulfonamides is 1. The van der Waals surface area contributed by atoms with E-state index < -0.39 is 33.5 Å². The van der Waals surface area contributed by atoms with Crippen molar-refractivity contribution in [2.45, 2.75) is 67.9 Å². The van der Waals surface area contributed by atoms with E-state index in [4.69, 9.17) is 16.3 Å². The molecule has 1 saturated carbocycles. The molecule has 4 aromatic carbocycles. The summed E-state index contributed by atoms with van der Waals surface area (Å²) in [4.78, 5) is 14.8. The SMILES string of the molecule is O=C(C(NS(=O)(=O)c1ccc2cc(OC3CCCC3)ccc2c1)C(F)(F)c1ccc(-c2ccc(Cl)cc2)cc1)N1CCCCC1. The third-order valence-electron chi connectivity index (χ3n) is 8.70. The number of nitrogens with zero attached hydrogens (tertiary/aromatic N) is 1. The van der Waals surface area contributed by atoms with E-state index in [2.05, 4.69) is 4.72 Å². The van der Waals surface area contributed by atoms with Crippen LogP contribution in [0.1, 0.15) is 50.5 Å². The van der Waals surface area contributed by atoms with E-state index in [1.165, 1.54) is 41.3 Å². The Labute approximate surface area is 267 Å². The van der Waals surface area contributed by atoms with Crippen molar-refractivity contribution < 1.29 is 26.7 Å². The largest absolute Gasteiger partial charge is 0.490 e. The first-order chi connectivity index (χ1) is 21.6. The second-order valence-electron chi connectivity index (χ2n) is 11.8. The first kappa shape index (κ1) is 31.5. The highest BCUT2D eigenvalue weighted by atomic mass is 35.5. The molecule has 2 aliphatic rings. The molecule has 1 aliphatic heterocycles. The molecule has 0 radical (unpaired) electrons. The normalized spacial score (nSPS) is 17.0. The molecule has 1 atom stereocenters. The van der Waals surface area contributed by atoms with E-state index in [1.807, 2.05) is 6.07 Å². The monoisotopic (exact) mass is 652 g/mol. The van der Waals surface area contributed by atoms with Gasteiger partial charge in [-0.25, -0.2) is 8.42 Å². The lowest BCUT2D eigenvalue weighted by Crippen LogP contribution is -2.56. The summed E-state index contributed by atoms with van der Waals surface area (Å²) < 4.78 is 68.2. The second kappa shape index (κ2) is 13.1. The Morgan fingerprint density at radius 2 is 1.42 bits per heavy atom. The number of benzene rings is 4. The number of ether oxygens (including phenoxy) is 1. The number of piperidine rings is 1. The third kappa shape index (κ3) is 7.00. The summed E-state index contributed by atoms with van der Waals surface area (Å²) in [5, 5.41) is 1.93. The average molecular weight is 653 g/mol. The minimum atomic E-state index is -4.53. The maximum Gasteiger partial charge on any atom is 0.298 e. The molecule has 0 bridgehead atoms. The summed E-state index contributed by atoms with van der Waals surface area (Å²) in [6, 6.07) is 20.0. The van der Waals surface area contributed by atoms with Crippen LogP contribution in [0.4, 0.5) is 8.78 Å². The number of halogens is 3. The van der Waals surface area contributed by atoms with Crippen LogP contribution in [0.3, 0.4) is 0 Å². The van der Waals surface area contributed by atoms with Crippen molar-refractivity contribution in [3.05, 3.63) is 95.5 Å². The molecule has 1 heterocycles. The van der Waals surface area contributed by atoms with Crippen LogP contribution >= 0.6 is 11.6 Å². The zero-order chi connectivity index (χ0) is 31.6. The lowest BCUT2D eigenvalue weighted by molar-refractivity contribution is -0.145. The van der Waals surface area contributed by atoms with Crippen LogP contribution < -0.4 is 9.46 Å². The van der Waals surface area contributed by atoms with Crippen molar-refractivity contribution in [2.24, 2.45) is 0 Å². The minimum Gasteiger partial charge on any atom is -0.490 e. The number of amides is 1. The van der Waals surface area contributed by atoms with Gasteiger partial charge in [0.1, 0.15) is 5.75 Å². The number of hydrogen-bond donors (Lipinski definition) is 1. The molecule has 0 aromatic heterocycles. The number of nitrogens with one attached hydrogen (secondary N) is 1. The molecular formula is C35H35ClF2N2O4S. The molecule has 1 unspecified atom stereocenters. The van der Waals surface area contributed by atoms with Crippen LogP contribution in [0.2, 0.25) is 5.02 Å². The minimum absolute atomic E-state index is 0.177. The fraction of sp³-hybridized carbons (Fsp3) is 0.343. The Bertz CT molecular complexity index is 1770. The molecular weight excluding hydrogens is 618 g/mol. The van der Waals surface area contributed by atoms with Crippen molar-refractivity contribution in [3.63, 3.8) is 0 Å². The first-order valence-electron chi connectivity index (χ1n) is 15.4. The molecule has 236 valence electrons. The number of rotatable bonds is 9. The topological polar surface area (TPSA) is 75.7 Å². The molecule has 6 rings (SSSR count). The summed E-state index contributed by atoms with van der Waals surface area (Å²) in [6.45, 7) is 0.591. The maximum absolute atomic E-state index is 16.3. The number of likely N-dealkylation sites (tertiary alicyclic amines) is 1. The third-order valence-corrected chi connectivity index (χ3v) is 10.4. The molecule has 1 amide bonds. The number of carbonyl (C=O) groups excluding carboxylic acids is 1. The molecule has 1 N–H and O–H groups in total. The predicted molar refractivity (Wildman–Crippen MR) is 172 cm³/mol. The highest BCUT2D eigenvalue weighted by molar-refractivity contribution is 7.89. The van der Waals surface area contributed by atoms with Gasteiger partial charge in [0.15, 0.2) is 6.04 Å². The number of alkyl halides is 2. The van der Waals surface area contributed by atoms with Crippen molar-refractivity contribution in [1.29, 1.82) is 0 Å². The van der Waals surface area contributed by atoms with Gasteiger partial charge in [-0.2, -0.15) is 13.5 Å². The lowest BCUT2D eigenvalue weighted by Gasteiger charge is -2.34. The van der Waals surface area contributed by atoms with Crippen LogP contribution in [-0.4, -0.2) is 44.5 Å². The van der Waals surface area contributed by atoms with E-state index in [9.17, 15) is 13.2 Å². The van der Waals surface area contributed by atoms with Gasteiger partial charge >= 0.3 is 0 Å². The highest BCUT2D eigenvalue weighted by Crippen LogP contribution is 2.36. The van der Waals surface area contributed by atoms with Gasteiger partial charge in [0, 0.05) is 23.7 Å². The average Bonchev–Trinajstić information content (AvgIpc) is 3.57. The zero-order valence-electron chi connectivity index (χ0n) is 24.7. The van der Waals surface area contributed by atoms with Gasteiger partial charge < -0.3 is 9.64 Å². The summed E-state index contributed by atoms with van der Waals surface area (Å²) in [5.74, 6) is -4.08. The first-order valence-corrected chi connectivity index (χ1v) is 17.2. The van der Waals surface area contributed by atoms with Crippen molar-refractivity contribution in [2.75, 3.05) is 13.1 Å². The van der Waals surface area contributed by atoms with Crippen LogP contribution in [-0.2, 0) is 20.7 Å². The number of fused-ring (bicyclic) bond motifs is 1. The van der Waals surface area contributed by atoms with E-state index in [1.54, 1.807) is 42.5 Å². The second-order valence-corrected chi connectivity index (χ2v) is 14.0. The van der Waals surface area contributed by atoms with Gasteiger partial charge in [0.05, 0.1) is 11.0 Å². The van der Waals surface area contributed by atoms with Gasteiger partial charge in [0.2, 0.25) is 15.9 Å². The number of carbonyl (C=O) groups is 1. The summed E-state index contributed by atoms with van der Waals surface area (Å²) >= 11 is 5.98. The molecule has 1 saturated heterocycles. The Morgan fingerprint density at radius 1 is 0.822 bits per heavy atom. The Balaban J connectivity index is 1.28. The van der Waals surface area contributed by atoms with Crippen LogP contribution in [0.25, 0.3) is 21.9 Å². The van der Waals surface area contributed by atoms with Gasteiger partial charge in [-0.1, -0.05) is 60.1 Å². The molecule has 2 fully saturated rings. The quantitative estimate of drug-likeness (QED) is 0.199.